The zero-order valence-electron chi connectivity index (χ0n) is 7.26. The van der Waals surface area contributed by atoms with Gasteiger partial charge in [-0.05, 0) is 30.2 Å². The van der Waals surface area contributed by atoms with E-state index >= 15 is 0 Å². The van der Waals surface area contributed by atoms with Crippen molar-refractivity contribution in [2.24, 2.45) is 5.73 Å². The molecule has 1 aromatic carbocycles. The van der Waals surface area contributed by atoms with Crippen LogP contribution in [0.1, 0.15) is 24.9 Å². The molecule has 1 atom stereocenters. The first-order valence-corrected chi connectivity index (χ1v) is 4.23. The maximum Gasteiger partial charge on any atom is 0.125 e. The molecule has 0 bridgehead atoms. The van der Waals surface area contributed by atoms with E-state index in [9.17, 15) is 4.39 Å². The molecule has 1 aromatic rings. The highest BCUT2D eigenvalue weighted by molar-refractivity contribution is 6.30. The highest BCUT2D eigenvalue weighted by atomic mass is 35.5. The van der Waals surface area contributed by atoms with Crippen LogP contribution in [0.5, 0.6) is 0 Å². The van der Waals surface area contributed by atoms with Gasteiger partial charge in [-0.1, -0.05) is 18.5 Å². The van der Waals surface area contributed by atoms with Crippen molar-refractivity contribution >= 4 is 24.0 Å². The lowest BCUT2D eigenvalue weighted by molar-refractivity contribution is 0.617. The first-order chi connectivity index (χ1) is 5.63. The third-order valence-electron chi connectivity index (χ3n) is 1.75. The van der Waals surface area contributed by atoms with Gasteiger partial charge in [-0.3, -0.25) is 0 Å². The summed E-state index contributed by atoms with van der Waals surface area (Å²) in [6, 6.07) is 4.25. The number of hydrogen-bond acceptors (Lipinski definition) is 1. The largest absolute Gasteiger partial charge is 0.324 e. The molecule has 13 heavy (non-hydrogen) atoms. The fourth-order valence-electron chi connectivity index (χ4n) is 1.02. The highest BCUT2D eigenvalue weighted by Crippen LogP contribution is 2.19. The molecule has 4 heteroatoms. The molecule has 0 saturated heterocycles. The Bertz CT molecular complexity index is 258. The minimum absolute atomic E-state index is 0. The van der Waals surface area contributed by atoms with Crippen molar-refractivity contribution in [3.63, 3.8) is 0 Å². The fourth-order valence-corrected chi connectivity index (χ4v) is 1.26. The summed E-state index contributed by atoms with van der Waals surface area (Å²) >= 11 is 5.66. The molecule has 0 aromatic heterocycles. The second-order valence-corrected chi connectivity index (χ2v) is 3.15. The van der Waals surface area contributed by atoms with Gasteiger partial charge in [-0.2, -0.15) is 0 Å². The first-order valence-electron chi connectivity index (χ1n) is 3.85. The molecule has 0 spiro atoms. The SMILES string of the molecule is CC[C@@H](N)c1cc(F)cc(Cl)c1.Cl. The Hall–Kier alpha value is -0.310. The lowest BCUT2D eigenvalue weighted by Gasteiger charge is -2.08. The molecule has 1 nitrogen and oxygen atoms in total. The predicted molar refractivity (Wildman–Crippen MR) is 55.9 cm³/mol. The van der Waals surface area contributed by atoms with Crippen LogP contribution < -0.4 is 5.73 Å². The van der Waals surface area contributed by atoms with Crippen LogP contribution in [0.25, 0.3) is 0 Å². The summed E-state index contributed by atoms with van der Waals surface area (Å²) < 4.78 is 12.8. The zero-order chi connectivity index (χ0) is 9.14. The Balaban J connectivity index is 0.00000144. The molecule has 0 saturated carbocycles. The topological polar surface area (TPSA) is 26.0 Å². The van der Waals surface area contributed by atoms with Crippen LogP contribution in [-0.4, -0.2) is 0 Å². The number of hydrogen-bond donors (Lipinski definition) is 1. The Labute approximate surface area is 88.5 Å². The smallest absolute Gasteiger partial charge is 0.125 e. The van der Waals surface area contributed by atoms with E-state index in [-0.39, 0.29) is 24.3 Å². The quantitative estimate of drug-likeness (QED) is 0.819. The van der Waals surface area contributed by atoms with Gasteiger partial charge >= 0.3 is 0 Å². The van der Waals surface area contributed by atoms with Crippen molar-refractivity contribution in [2.75, 3.05) is 0 Å². The Morgan fingerprint density at radius 1 is 1.46 bits per heavy atom. The molecule has 74 valence electrons. The summed E-state index contributed by atoms with van der Waals surface area (Å²) in [7, 11) is 0. The molecule has 2 N–H and O–H groups in total. The zero-order valence-corrected chi connectivity index (χ0v) is 8.83. The van der Waals surface area contributed by atoms with Gasteiger partial charge in [0.1, 0.15) is 5.82 Å². The lowest BCUT2D eigenvalue weighted by Crippen LogP contribution is -2.08. The van der Waals surface area contributed by atoms with Gasteiger partial charge in [0, 0.05) is 11.1 Å². The molecule has 0 unspecified atom stereocenters. The Kier molecular flexibility index (Phi) is 5.30. The molecule has 0 aliphatic carbocycles. The Morgan fingerprint density at radius 2 is 2.08 bits per heavy atom. The third kappa shape index (κ3) is 3.51. The minimum atomic E-state index is -0.332. The van der Waals surface area contributed by atoms with Crippen LogP contribution in [0, 0.1) is 5.82 Å². The maximum absolute atomic E-state index is 12.8. The van der Waals surface area contributed by atoms with Crippen molar-refractivity contribution < 1.29 is 4.39 Å². The highest BCUT2D eigenvalue weighted by Gasteiger charge is 2.05. The van der Waals surface area contributed by atoms with Crippen molar-refractivity contribution in [3.05, 3.63) is 34.6 Å². The van der Waals surface area contributed by atoms with Gasteiger partial charge in [0.05, 0.1) is 0 Å². The first kappa shape index (κ1) is 12.7. The normalized spacial score (nSPS) is 12.0. The monoisotopic (exact) mass is 223 g/mol. The number of rotatable bonds is 2. The molecule has 1 rings (SSSR count). The predicted octanol–water partition coefficient (Wildman–Crippen LogP) is 3.31. The minimum Gasteiger partial charge on any atom is -0.324 e. The summed E-state index contributed by atoms with van der Waals surface area (Å²) in [6.07, 6.45) is 0.778. The molecular formula is C9H12Cl2FN. The molecule has 0 aliphatic heterocycles. The second kappa shape index (κ2) is 5.43. The molecule has 0 radical (unpaired) electrons. The van der Waals surface area contributed by atoms with Crippen molar-refractivity contribution in [3.8, 4) is 0 Å². The van der Waals surface area contributed by atoms with Crippen molar-refractivity contribution in [1.29, 1.82) is 0 Å². The van der Waals surface area contributed by atoms with Gasteiger partial charge in [0.2, 0.25) is 0 Å². The van der Waals surface area contributed by atoms with Gasteiger partial charge in [0.25, 0.3) is 0 Å². The molecule has 0 heterocycles. The van der Waals surface area contributed by atoms with E-state index in [1.807, 2.05) is 6.92 Å². The van der Waals surface area contributed by atoms with Gasteiger partial charge < -0.3 is 5.73 Å². The van der Waals surface area contributed by atoms with Gasteiger partial charge in [-0.25, -0.2) is 4.39 Å². The second-order valence-electron chi connectivity index (χ2n) is 2.72. The summed E-state index contributed by atoms with van der Waals surface area (Å²) in [5.74, 6) is -0.332. The van der Waals surface area contributed by atoms with Gasteiger partial charge in [0.15, 0.2) is 0 Å². The maximum atomic E-state index is 12.8. The number of nitrogens with two attached hydrogens (primary N) is 1. The number of halogens is 3. The lowest BCUT2D eigenvalue weighted by atomic mass is 10.1. The van der Waals surface area contributed by atoms with E-state index in [1.165, 1.54) is 12.1 Å². The molecule has 0 aliphatic rings. The van der Waals surface area contributed by atoms with Crippen LogP contribution in [0.3, 0.4) is 0 Å². The fraction of sp³-hybridized carbons (Fsp3) is 0.333. The molecule has 0 fully saturated rings. The van der Waals surface area contributed by atoms with Crippen molar-refractivity contribution in [2.45, 2.75) is 19.4 Å². The van der Waals surface area contributed by atoms with E-state index in [0.717, 1.165) is 12.0 Å². The van der Waals surface area contributed by atoms with Crippen LogP contribution in [0.15, 0.2) is 18.2 Å². The average molecular weight is 224 g/mol. The van der Waals surface area contributed by atoms with E-state index in [2.05, 4.69) is 0 Å². The Morgan fingerprint density at radius 3 is 2.54 bits per heavy atom. The summed E-state index contributed by atoms with van der Waals surface area (Å²) in [5.41, 5.74) is 6.46. The average Bonchev–Trinajstić information content (AvgIpc) is 2.01. The number of benzene rings is 1. The van der Waals surface area contributed by atoms with E-state index in [4.69, 9.17) is 17.3 Å². The van der Waals surface area contributed by atoms with Gasteiger partial charge in [-0.15, -0.1) is 12.4 Å². The summed E-state index contributed by atoms with van der Waals surface area (Å²) in [6.45, 7) is 1.95. The summed E-state index contributed by atoms with van der Waals surface area (Å²) in [4.78, 5) is 0. The molecular weight excluding hydrogens is 212 g/mol. The third-order valence-corrected chi connectivity index (χ3v) is 1.97. The van der Waals surface area contributed by atoms with Crippen LogP contribution in [-0.2, 0) is 0 Å². The van der Waals surface area contributed by atoms with E-state index in [0.29, 0.717) is 5.02 Å². The standard InChI is InChI=1S/C9H11ClFN.ClH/c1-2-9(12)6-3-7(10)5-8(11)4-6;/h3-5,9H,2,12H2,1H3;1H/t9-;/m1./s1. The van der Waals surface area contributed by atoms with Crippen molar-refractivity contribution in [1.82, 2.24) is 0 Å². The van der Waals surface area contributed by atoms with Crippen LogP contribution in [0.4, 0.5) is 4.39 Å². The molecule has 0 amide bonds. The van der Waals surface area contributed by atoms with E-state index < -0.39 is 0 Å². The van der Waals surface area contributed by atoms with Crippen LogP contribution in [0.2, 0.25) is 5.02 Å². The van der Waals surface area contributed by atoms with E-state index in [1.54, 1.807) is 6.07 Å². The van der Waals surface area contributed by atoms with Crippen LogP contribution >= 0.6 is 24.0 Å². The summed E-state index contributed by atoms with van der Waals surface area (Å²) in [5, 5.41) is 0.397.